The summed E-state index contributed by atoms with van der Waals surface area (Å²) >= 11 is 12.2. The van der Waals surface area contributed by atoms with E-state index in [1.54, 1.807) is 39.0 Å². The van der Waals surface area contributed by atoms with Gasteiger partial charge < -0.3 is 0 Å². The van der Waals surface area contributed by atoms with E-state index in [2.05, 4.69) is 24.8 Å². The number of rotatable bonds is 4. The Hall–Kier alpha value is -2.23. The summed E-state index contributed by atoms with van der Waals surface area (Å²) in [5, 5.41) is 3.88. The van der Waals surface area contributed by atoms with E-state index in [0.717, 1.165) is 11.4 Å². The molecule has 0 unspecified atom stereocenters. The van der Waals surface area contributed by atoms with Crippen molar-refractivity contribution >= 4 is 38.9 Å². The van der Waals surface area contributed by atoms with Crippen molar-refractivity contribution in [2.24, 2.45) is 0 Å². The van der Waals surface area contributed by atoms with Gasteiger partial charge in [-0.2, -0.15) is 13.1 Å². The molecule has 0 saturated heterocycles. The summed E-state index contributed by atoms with van der Waals surface area (Å²) in [5.74, 6) is 0.225. The van der Waals surface area contributed by atoms with E-state index in [-0.39, 0.29) is 21.7 Å². The maximum Gasteiger partial charge on any atom is 0.299 e. The van der Waals surface area contributed by atoms with Crippen LogP contribution >= 0.6 is 23.2 Å². The van der Waals surface area contributed by atoms with Crippen LogP contribution in [-0.4, -0.2) is 33.2 Å². The summed E-state index contributed by atoms with van der Waals surface area (Å²) in [6.45, 7) is 5.34. The van der Waals surface area contributed by atoms with Crippen molar-refractivity contribution in [2.45, 2.75) is 25.9 Å². The molecular weight excluding hydrogens is 399 g/mol. The fourth-order valence-electron chi connectivity index (χ4n) is 2.21. The average molecular weight is 413 g/mol. The summed E-state index contributed by atoms with van der Waals surface area (Å²) in [5.41, 5.74) is 2.20. The minimum atomic E-state index is -4.10. The van der Waals surface area contributed by atoms with E-state index in [4.69, 9.17) is 23.2 Å². The van der Waals surface area contributed by atoms with Crippen molar-refractivity contribution in [2.75, 3.05) is 4.72 Å². The normalized spacial score (nSPS) is 11.6. The van der Waals surface area contributed by atoms with Crippen LogP contribution in [0, 0.1) is 20.8 Å². The van der Waals surface area contributed by atoms with Gasteiger partial charge in [-0.05, 0) is 38.5 Å². The Bertz CT molecular complexity index is 1080. The number of halogens is 2. The molecule has 3 aromatic rings. The molecule has 0 saturated carbocycles. The molecule has 0 amide bonds. The molecule has 26 heavy (non-hydrogen) atoms. The van der Waals surface area contributed by atoms with E-state index in [1.807, 2.05) is 0 Å². The second-order valence-electron chi connectivity index (χ2n) is 5.58. The zero-order chi connectivity index (χ0) is 19.1. The van der Waals surface area contributed by atoms with Crippen molar-refractivity contribution in [3.05, 3.63) is 51.5 Å². The van der Waals surface area contributed by atoms with Crippen LogP contribution in [0.15, 0.2) is 29.7 Å². The summed E-state index contributed by atoms with van der Waals surface area (Å²) in [6, 6.07) is 5.03. The van der Waals surface area contributed by atoms with Crippen molar-refractivity contribution in [1.82, 2.24) is 24.7 Å². The lowest BCUT2D eigenvalue weighted by Gasteiger charge is -2.10. The molecule has 11 heteroatoms. The largest absolute Gasteiger partial charge is 0.299 e. The summed E-state index contributed by atoms with van der Waals surface area (Å²) in [4.78, 5) is 12.3. The average Bonchev–Trinajstić information content (AvgIpc) is 3.05. The SMILES string of the molecule is Cc1cc(C)nc(-n2cnc(S(=O)(=O)Nc3c(Cl)ccc(C)c3Cl)n2)n1. The van der Waals surface area contributed by atoms with E-state index in [9.17, 15) is 8.42 Å². The summed E-state index contributed by atoms with van der Waals surface area (Å²) < 4.78 is 28.7. The molecular formula is C15H14Cl2N6O2S. The molecule has 8 nitrogen and oxygen atoms in total. The molecule has 1 N–H and O–H groups in total. The summed E-state index contributed by atoms with van der Waals surface area (Å²) in [6.07, 6.45) is 1.22. The second-order valence-corrected chi connectivity index (χ2v) is 7.94. The van der Waals surface area contributed by atoms with Crippen molar-refractivity contribution < 1.29 is 8.42 Å². The topological polar surface area (TPSA) is 103 Å². The predicted octanol–water partition coefficient (Wildman–Crippen LogP) is 3.09. The quantitative estimate of drug-likeness (QED) is 0.705. The van der Waals surface area contributed by atoms with Crippen LogP contribution in [0.4, 0.5) is 5.69 Å². The highest BCUT2D eigenvalue weighted by Gasteiger charge is 2.23. The standard InChI is InChI=1S/C15H14Cl2N6O2S/c1-8-4-5-11(16)13(12(8)17)22-26(24,25)15-18-7-23(21-15)14-19-9(2)6-10(3)20-14/h4-7,22H,1-3H3. The molecule has 0 bridgehead atoms. The molecule has 2 aromatic heterocycles. The Balaban J connectivity index is 1.97. The van der Waals surface area contributed by atoms with Gasteiger partial charge in [0.25, 0.3) is 21.1 Å². The van der Waals surface area contributed by atoms with Gasteiger partial charge in [-0.15, -0.1) is 5.10 Å². The van der Waals surface area contributed by atoms with Gasteiger partial charge in [0, 0.05) is 11.4 Å². The van der Waals surface area contributed by atoms with Crippen molar-refractivity contribution in [3.8, 4) is 5.95 Å². The molecule has 0 aliphatic heterocycles. The molecule has 0 aliphatic rings. The van der Waals surface area contributed by atoms with Gasteiger partial charge in [0.1, 0.15) is 6.33 Å². The van der Waals surface area contributed by atoms with E-state index in [0.29, 0.717) is 5.56 Å². The molecule has 0 fully saturated rings. The first kappa shape index (κ1) is 18.6. The third-order valence-electron chi connectivity index (χ3n) is 3.41. The van der Waals surface area contributed by atoms with Crippen LogP contribution in [0.1, 0.15) is 17.0 Å². The van der Waals surface area contributed by atoms with E-state index >= 15 is 0 Å². The molecule has 0 atom stereocenters. The Morgan fingerprint density at radius 3 is 2.38 bits per heavy atom. The van der Waals surface area contributed by atoms with Crippen LogP contribution in [0.3, 0.4) is 0 Å². The van der Waals surface area contributed by atoms with Crippen LogP contribution in [-0.2, 0) is 10.0 Å². The number of nitrogens with one attached hydrogen (secondary N) is 1. The zero-order valence-corrected chi connectivity index (χ0v) is 16.4. The lowest BCUT2D eigenvalue weighted by atomic mass is 10.2. The fraction of sp³-hybridized carbons (Fsp3) is 0.200. The Labute approximate surface area is 160 Å². The van der Waals surface area contributed by atoms with Gasteiger partial charge in [0.2, 0.25) is 0 Å². The number of aryl methyl sites for hydroxylation is 3. The van der Waals surface area contributed by atoms with Crippen molar-refractivity contribution in [1.29, 1.82) is 0 Å². The molecule has 0 aliphatic carbocycles. The maximum atomic E-state index is 12.6. The molecule has 0 radical (unpaired) electrons. The predicted molar refractivity (Wildman–Crippen MR) is 98.4 cm³/mol. The molecule has 2 heterocycles. The molecule has 0 spiro atoms. The van der Waals surface area contributed by atoms with E-state index < -0.39 is 15.2 Å². The van der Waals surface area contributed by atoms with Crippen LogP contribution in [0.5, 0.6) is 0 Å². The van der Waals surface area contributed by atoms with E-state index in [1.165, 1.54) is 11.0 Å². The lowest BCUT2D eigenvalue weighted by Crippen LogP contribution is -2.16. The lowest BCUT2D eigenvalue weighted by molar-refractivity contribution is 0.591. The minimum absolute atomic E-state index is 0.0762. The third kappa shape index (κ3) is 3.64. The van der Waals surface area contributed by atoms with Gasteiger partial charge >= 0.3 is 0 Å². The minimum Gasteiger partial charge on any atom is -0.274 e. The highest BCUT2D eigenvalue weighted by molar-refractivity contribution is 7.92. The van der Waals surface area contributed by atoms with Gasteiger partial charge in [-0.25, -0.2) is 15.0 Å². The highest BCUT2D eigenvalue weighted by Crippen LogP contribution is 2.34. The van der Waals surface area contributed by atoms with Crippen LogP contribution < -0.4 is 4.72 Å². The van der Waals surface area contributed by atoms with Crippen molar-refractivity contribution in [3.63, 3.8) is 0 Å². The number of nitrogens with zero attached hydrogens (tertiary/aromatic N) is 5. The smallest absolute Gasteiger partial charge is 0.274 e. The maximum absolute atomic E-state index is 12.6. The first-order valence-electron chi connectivity index (χ1n) is 7.39. The summed E-state index contributed by atoms with van der Waals surface area (Å²) in [7, 11) is -4.10. The monoisotopic (exact) mass is 412 g/mol. The van der Waals surface area contributed by atoms with Crippen LogP contribution in [0.25, 0.3) is 5.95 Å². The number of aromatic nitrogens is 5. The number of benzene rings is 1. The first-order valence-corrected chi connectivity index (χ1v) is 9.63. The van der Waals surface area contributed by atoms with Gasteiger partial charge in [0.15, 0.2) is 0 Å². The third-order valence-corrected chi connectivity index (χ3v) is 5.35. The fourth-order valence-corrected chi connectivity index (χ4v) is 3.74. The Morgan fingerprint density at radius 1 is 1.08 bits per heavy atom. The Kier molecular flexibility index (Phi) is 4.87. The number of hydrogen-bond acceptors (Lipinski definition) is 6. The molecule has 1 aromatic carbocycles. The second kappa shape index (κ2) is 6.82. The number of hydrogen-bond donors (Lipinski definition) is 1. The Morgan fingerprint density at radius 2 is 1.73 bits per heavy atom. The first-order chi connectivity index (χ1) is 12.2. The molecule has 136 valence electrons. The van der Waals surface area contributed by atoms with Gasteiger partial charge in [-0.3, -0.25) is 4.72 Å². The zero-order valence-electron chi connectivity index (χ0n) is 14.0. The number of sulfonamides is 1. The van der Waals surface area contributed by atoms with Gasteiger partial charge in [-0.1, -0.05) is 29.3 Å². The highest BCUT2D eigenvalue weighted by atomic mass is 35.5. The van der Waals surface area contributed by atoms with Gasteiger partial charge in [0.05, 0.1) is 15.7 Å². The molecule has 3 rings (SSSR count). The number of anilines is 1. The van der Waals surface area contributed by atoms with Crippen LogP contribution in [0.2, 0.25) is 10.0 Å².